The number of benzene rings is 1. The van der Waals surface area contributed by atoms with Crippen LogP contribution in [0.1, 0.15) is 37.8 Å². The van der Waals surface area contributed by atoms with Crippen LogP contribution in [0.2, 0.25) is 0 Å². The molecule has 0 amide bonds. The summed E-state index contributed by atoms with van der Waals surface area (Å²) < 4.78 is 0. The van der Waals surface area contributed by atoms with Gasteiger partial charge in [0.1, 0.15) is 0 Å². The summed E-state index contributed by atoms with van der Waals surface area (Å²) in [7, 11) is 2.24. The highest BCUT2D eigenvalue weighted by molar-refractivity contribution is 5.50. The van der Waals surface area contributed by atoms with Gasteiger partial charge in [-0.25, -0.2) is 0 Å². The molecule has 3 atom stereocenters. The molecule has 3 rings (SSSR count). The van der Waals surface area contributed by atoms with E-state index in [-0.39, 0.29) is 0 Å². The monoisotopic (exact) mass is 258 g/mol. The van der Waals surface area contributed by atoms with E-state index < -0.39 is 0 Å². The van der Waals surface area contributed by atoms with Gasteiger partial charge in [0.25, 0.3) is 0 Å². The number of nitrogens with one attached hydrogen (secondary N) is 1. The zero-order valence-corrected chi connectivity index (χ0v) is 12.4. The summed E-state index contributed by atoms with van der Waals surface area (Å²) >= 11 is 0. The highest BCUT2D eigenvalue weighted by Crippen LogP contribution is 2.28. The van der Waals surface area contributed by atoms with Crippen LogP contribution >= 0.6 is 0 Å². The third-order valence-corrected chi connectivity index (χ3v) is 5.06. The molecule has 1 heterocycles. The number of fused-ring (bicyclic) bond motifs is 1. The van der Waals surface area contributed by atoms with Gasteiger partial charge in [0.15, 0.2) is 0 Å². The molecule has 1 N–H and O–H groups in total. The van der Waals surface area contributed by atoms with Crippen LogP contribution < -0.4 is 5.32 Å². The van der Waals surface area contributed by atoms with Crippen molar-refractivity contribution in [2.24, 2.45) is 5.92 Å². The Labute approximate surface area is 117 Å². The minimum atomic E-state index is 0.616. The second-order valence-electron chi connectivity index (χ2n) is 6.59. The number of nitrogens with zero attached hydrogens (tertiary/aromatic N) is 1. The van der Waals surface area contributed by atoms with E-state index in [1.165, 1.54) is 37.9 Å². The quantitative estimate of drug-likeness (QED) is 0.875. The van der Waals surface area contributed by atoms with E-state index in [0.717, 1.165) is 5.92 Å². The number of rotatable bonds is 2. The molecule has 104 valence electrons. The molecule has 1 aromatic carbocycles. The van der Waals surface area contributed by atoms with E-state index in [1.54, 1.807) is 11.1 Å². The first-order valence-corrected chi connectivity index (χ1v) is 7.72. The van der Waals surface area contributed by atoms with Crippen LogP contribution in [0.25, 0.3) is 0 Å². The van der Waals surface area contributed by atoms with Crippen molar-refractivity contribution in [1.29, 1.82) is 0 Å². The SMILES string of the molecule is CC1CN(C)C(C)CC1Nc1ccc2c(c1)CCC2. The lowest BCUT2D eigenvalue weighted by atomic mass is 9.89. The van der Waals surface area contributed by atoms with Gasteiger partial charge >= 0.3 is 0 Å². The van der Waals surface area contributed by atoms with Crippen LogP contribution in [0.3, 0.4) is 0 Å². The predicted octanol–water partition coefficient (Wildman–Crippen LogP) is 3.32. The first-order chi connectivity index (χ1) is 9.13. The smallest absolute Gasteiger partial charge is 0.0345 e. The van der Waals surface area contributed by atoms with Crippen LogP contribution in [0, 0.1) is 5.92 Å². The van der Waals surface area contributed by atoms with Gasteiger partial charge in [0, 0.05) is 24.3 Å². The average Bonchev–Trinajstić information content (AvgIpc) is 2.83. The summed E-state index contributed by atoms with van der Waals surface area (Å²) in [5.41, 5.74) is 4.46. The molecule has 0 radical (unpaired) electrons. The van der Waals surface area contributed by atoms with E-state index in [1.807, 2.05) is 0 Å². The summed E-state index contributed by atoms with van der Waals surface area (Å²) in [6.45, 7) is 5.90. The second kappa shape index (κ2) is 5.16. The highest BCUT2D eigenvalue weighted by Gasteiger charge is 2.28. The Morgan fingerprint density at radius 3 is 2.79 bits per heavy atom. The maximum absolute atomic E-state index is 3.78. The molecule has 0 spiro atoms. The van der Waals surface area contributed by atoms with Gasteiger partial charge in [0.2, 0.25) is 0 Å². The lowest BCUT2D eigenvalue weighted by Gasteiger charge is -2.40. The van der Waals surface area contributed by atoms with Crippen molar-refractivity contribution >= 4 is 5.69 Å². The zero-order chi connectivity index (χ0) is 13.4. The Kier molecular flexibility index (Phi) is 3.53. The average molecular weight is 258 g/mol. The first kappa shape index (κ1) is 13.0. The molecule has 1 fully saturated rings. The first-order valence-electron chi connectivity index (χ1n) is 7.72. The Balaban J connectivity index is 1.71. The van der Waals surface area contributed by atoms with Crippen LogP contribution in [0.5, 0.6) is 0 Å². The van der Waals surface area contributed by atoms with Crippen LogP contribution in [-0.4, -0.2) is 30.6 Å². The fourth-order valence-electron chi connectivity index (χ4n) is 3.62. The van der Waals surface area contributed by atoms with Gasteiger partial charge in [-0.2, -0.15) is 0 Å². The summed E-state index contributed by atoms with van der Waals surface area (Å²) in [6.07, 6.45) is 5.12. The molecule has 0 bridgehead atoms. The molecule has 2 nitrogen and oxygen atoms in total. The van der Waals surface area contributed by atoms with E-state index in [0.29, 0.717) is 12.1 Å². The standard InChI is InChI=1S/C17H26N2/c1-12-11-19(3)13(2)9-17(12)18-16-8-7-14-5-4-6-15(14)10-16/h7-8,10,12-13,17-18H,4-6,9,11H2,1-3H3. The summed E-state index contributed by atoms with van der Waals surface area (Å²) in [6, 6.07) is 8.29. The summed E-state index contributed by atoms with van der Waals surface area (Å²) in [5.74, 6) is 0.717. The van der Waals surface area contributed by atoms with Crippen molar-refractivity contribution in [2.75, 3.05) is 18.9 Å². The van der Waals surface area contributed by atoms with Crippen LogP contribution in [0.15, 0.2) is 18.2 Å². The maximum Gasteiger partial charge on any atom is 0.0345 e. The van der Waals surface area contributed by atoms with Gasteiger partial charge in [-0.3, -0.25) is 0 Å². The lowest BCUT2D eigenvalue weighted by molar-refractivity contribution is 0.145. The molecule has 0 aromatic heterocycles. The minimum Gasteiger partial charge on any atom is -0.382 e. The molecule has 2 aliphatic rings. The van der Waals surface area contributed by atoms with Crippen LogP contribution in [0.4, 0.5) is 5.69 Å². The fourth-order valence-corrected chi connectivity index (χ4v) is 3.62. The largest absolute Gasteiger partial charge is 0.382 e. The molecular weight excluding hydrogens is 232 g/mol. The summed E-state index contributed by atoms with van der Waals surface area (Å²) in [4.78, 5) is 2.48. The van der Waals surface area contributed by atoms with Crippen molar-refractivity contribution < 1.29 is 0 Å². The Morgan fingerprint density at radius 2 is 1.95 bits per heavy atom. The third-order valence-electron chi connectivity index (χ3n) is 5.06. The Bertz CT molecular complexity index is 455. The van der Waals surface area contributed by atoms with Crippen molar-refractivity contribution in [3.8, 4) is 0 Å². The van der Waals surface area contributed by atoms with Gasteiger partial charge in [-0.05, 0) is 68.8 Å². The van der Waals surface area contributed by atoms with Crippen molar-refractivity contribution in [1.82, 2.24) is 4.90 Å². The fraction of sp³-hybridized carbons (Fsp3) is 0.647. The number of anilines is 1. The van der Waals surface area contributed by atoms with Gasteiger partial charge in [-0.15, -0.1) is 0 Å². The van der Waals surface area contributed by atoms with Crippen molar-refractivity contribution in [2.45, 2.75) is 51.6 Å². The number of hydrogen-bond donors (Lipinski definition) is 1. The highest BCUT2D eigenvalue weighted by atomic mass is 15.2. The molecule has 1 saturated heterocycles. The van der Waals surface area contributed by atoms with Gasteiger partial charge in [-0.1, -0.05) is 13.0 Å². The number of aryl methyl sites for hydroxylation is 2. The third kappa shape index (κ3) is 2.64. The number of hydrogen-bond acceptors (Lipinski definition) is 2. The number of piperidine rings is 1. The molecular formula is C17H26N2. The minimum absolute atomic E-state index is 0.616. The lowest BCUT2D eigenvalue weighted by Crippen LogP contribution is -2.48. The maximum atomic E-state index is 3.78. The molecule has 0 saturated carbocycles. The predicted molar refractivity (Wildman–Crippen MR) is 81.8 cm³/mol. The van der Waals surface area contributed by atoms with E-state index in [4.69, 9.17) is 0 Å². The van der Waals surface area contributed by atoms with Gasteiger partial charge < -0.3 is 10.2 Å². The molecule has 1 aromatic rings. The Morgan fingerprint density at radius 1 is 1.16 bits per heavy atom. The Hall–Kier alpha value is -1.02. The number of likely N-dealkylation sites (tertiary alicyclic amines) is 1. The summed E-state index contributed by atoms with van der Waals surface area (Å²) in [5, 5.41) is 3.78. The molecule has 3 unspecified atom stereocenters. The molecule has 1 aliphatic carbocycles. The normalized spacial score (nSPS) is 31.2. The van der Waals surface area contributed by atoms with E-state index in [9.17, 15) is 0 Å². The topological polar surface area (TPSA) is 15.3 Å². The molecule has 19 heavy (non-hydrogen) atoms. The van der Waals surface area contributed by atoms with Crippen LogP contribution in [-0.2, 0) is 12.8 Å². The van der Waals surface area contributed by atoms with E-state index >= 15 is 0 Å². The van der Waals surface area contributed by atoms with Crippen molar-refractivity contribution in [3.63, 3.8) is 0 Å². The molecule has 1 aliphatic heterocycles. The van der Waals surface area contributed by atoms with E-state index in [2.05, 4.69) is 49.3 Å². The zero-order valence-electron chi connectivity index (χ0n) is 12.4. The van der Waals surface area contributed by atoms with Gasteiger partial charge in [0.05, 0.1) is 0 Å². The van der Waals surface area contributed by atoms with Crippen molar-refractivity contribution in [3.05, 3.63) is 29.3 Å². The molecule has 2 heteroatoms. The second-order valence-corrected chi connectivity index (χ2v) is 6.59.